The smallest absolute Gasteiger partial charge is 0.413 e. The Kier molecular flexibility index (Phi) is 6.38. The number of pyridine rings is 2. The molecule has 0 spiro atoms. The Bertz CT molecular complexity index is 1260. The molecule has 1 aliphatic rings. The molecule has 0 unspecified atom stereocenters. The third kappa shape index (κ3) is 5.20. The molecule has 184 valence electrons. The predicted molar refractivity (Wildman–Crippen MR) is 122 cm³/mol. The predicted octanol–water partition coefficient (Wildman–Crippen LogP) is 3.30. The molecule has 0 bridgehead atoms. The summed E-state index contributed by atoms with van der Waals surface area (Å²) in [5.74, 6) is -3.45. The van der Waals surface area contributed by atoms with Gasteiger partial charge in [0.15, 0.2) is 11.5 Å². The van der Waals surface area contributed by atoms with E-state index >= 15 is 0 Å². The average Bonchev–Trinajstić information content (AvgIpc) is 3.13. The van der Waals surface area contributed by atoms with Crippen LogP contribution in [0.3, 0.4) is 0 Å². The molecule has 1 aliphatic carbocycles. The molecule has 0 saturated heterocycles. The van der Waals surface area contributed by atoms with Crippen molar-refractivity contribution in [2.45, 2.75) is 37.3 Å². The molecule has 4 N–H and O–H groups in total. The first-order valence-corrected chi connectivity index (χ1v) is 10.8. The van der Waals surface area contributed by atoms with Crippen molar-refractivity contribution in [2.24, 2.45) is 12.8 Å². The number of rotatable bonds is 6. The van der Waals surface area contributed by atoms with E-state index in [0.717, 1.165) is 0 Å². The van der Waals surface area contributed by atoms with Crippen molar-refractivity contribution in [3.63, 3.8) is 0 Å². The van der Waals surface area contributed by atoms with Crippen molar-refractivity contribution in [1.29, 1.82) is 0 Å². The summed E-state index contributed by atoms with van der Waals surface area (Å²) in [7, 11) is 1.57. The maximum absolute atomic E-state index is 13.1. The number of ether oxygens (including phenoxy) is 1. The summed E-state index contributed by atoms with van der Waals surface area (Å²) in [4.78, 5) is 32.9. The van der Waals surface area contributed by atoms with Crippen molar-refractivity contribution >= 4 is 35.1 Å². The minimum atomic E-state index is -2.94. The normalized spacial score (nSPS) is 16.6. The first-order valence-electron chi connectivity index (χ1n) is 10.4. The van der Waals surface area contributed by atoms with Gasteiger partial charge in [-0.05, 0) is 25.1 Å². The zero-order valence-electron chi connectivity index (χ0n) is 18.6. The summed E-state index contributed by atoms with van der Waals surface area (Å²) < 4.78 is 33.0. The summed E-state index contributed by atoms with van der Waals surface area (Å²) in [5, 5.41) is 13.2. The fourth-order valence-electron chi connectivity index (χ4n) is 3.62. The fourth-order valence-corrected chi connectivity index (χ4v) is 3.89. The highest BCUT2D eigenvalue weighted by Crippen LogP contribution is 2.44. The van der Waals surface area contributed by atoms with E-state index in [0.29, 0.717) is 11.3 Å². The molecule has 11 nitrogen and oxygen atoms in total. The van der Waals surface area contributed by atoms with Crippen LogP contribution in [0.5, 0.6) is 0 Å². The number of halogens is 3. The molecule has 14 heteroatoms. The number of carbonyl (C=O) groups is 2. The van der Waals surface area contributed by atoms with Crippen molar-refractivity contribution in [3.8, 4) is 11.4 Å². The van der Waals surface area contributed by atoms with Gasteiger partial charge in [0.25, 0.3) is 5.92 Å². The Morgan fingerprint density at radius 1 is 1.23 bits per heavy atom. The van der Waals surface area contributed by atoms with Gasteiger partial charge in [-0.2, -0.15) is 0 Å². The van der Waals surface area contributed by atoms with Gasteiger partial charge in [0.1, 0.15) is 16.8 Å². The lowest BCUT2D eigenvalue weighted by Gasteiger charge is -2.42. The molecule has 0 aromatic carbocycles. The van der Waals surface area contributed by atoms with Crippen LogP contribution in [0.25, 0.3) is 11.4 Å². The number of amides is 2. The maximum Gasteiger partial charge on any atom is 0.413 e. The van der Waals surface area contributed by atoms with Crippen LogP contribution in [0.15, 0.2) is 36.7 Å². The van der Waals surface area contributed by atoms with Gasteiger partial charge in [-0.3, -0.25) is 15.1 Å². The molecular weight excluding hydrogens is 486 g/mol. The molecule has 3 aromatic rings. The van der Waals surface area contributed by atoms with Crippen LogP contribution < -0.4 is 16.4 Å². The molecular formula is C21H21ClF2N8O3. The Balaban J connectivity index is 1.43. The van der Waals surface area contributed by atoms with E-state index in [2.05, 4.69) is 30.9 Å². The number of nitrogens with zero attached hydrogens (tertiary/aromatic N) is 5. The Morgan fingerprint density at radius 3 is 2.60 bits per heavy atom. The largest absolute Gasteiger partial charge is 0.441 e. The maximum atomic E-state index is 13.1. The number of hydrogen-bond acceptors (Lipinski definition) is 8. The lowest BCUT2D eigenvalue weighted by molar-refractivity contribution is -0.151. The summed E-state index contributed by atoms with van der Waals surface area (Å²) in [6.07, 6.45) is -0.0461. The van der Waals surface area contributed by atoms with E-state index < -0.39 is 42.4 Å². The third-order valence-corrected chi connectivity index (χ3v) is 5.74. The number of nitrogens with two attached hydrogens (primary N) is 1. The summed E-state index contributed by atoms with van der Waals surface area (Å²) in [6.45, 7) is 1.65. The van der Waals surface area contributed by atoms with Crippen molar-refractivity contribution < 1.29 is 23.1 Å². The molecule has 3 aromatic heterocycles. The molecule has 0 radical (unpaired) electrons. The first-order chi connectivity index (χ1) is 16.5. The van der Waals surface area contributed by atoms with Gasteiger partial charge in [0.2, 0.25) is 5.91 Å². The molecule has 1 saturated carbocycles. The minimum Gasteiger partial charge on any atom is -0.441 e. The summed E-state index contributed by atoms with van der Waals surface area (Å²) in [6, 6.07) is 6.39. The van der Waals surface area contributed by atoms with Crippen LogP contribution in [0, 0.1) is 0 Å². The fraction of sp³-hybridized carbons (Fsp3) is 0.333. The van der Waals surface area contributed by atoms with Gasteiger partial charge in [-0.25, -0.2) is 23.2 Å². The lowest BCUT2D eigenvalue weighted by Crippen LogP contribution is -2.64. The number of alkyl halides is 2. The van der Waals surface area contributed by atoms with Gasteiger partial charge >= 0.3 is 6.09 Å². The van der Waals surface area contributed by atoms with E-state index in [1.165, 1.54) is 29.2 Å². The Labute approximate surface area is 203 Å². The first kappa shape index (κ1) is 24.4. The van der Waals surface area contributed by atoms with Crippen molar-refractivity contribution in [3.05, 3.63) is 47.4 Å². The topological polar surface area (TPSA) is 150 Å². The van der Waals surface area contributed by atoms with E-state index in [4.69, 9.17) is 22.1 Å². The summed E-state index contributed by atoms with van der Waals surface area (Å²) >= 11 is 6.05. The number of aryl methyl sites for hydroxylation is 1. The van der Waals surface area contributed by atoms with Crippen LogP contribution in [-0.2, 0) is 16.6 Å². The monoisotopic (exact) mass is 506 g/mol. The van der Waals surface area contributed by atoms with E-state index in [1.54, 1.807) is 26.1 Å². The van der Waals surface area contributed by atoms with Crippen LogP contribution in [0.1, 0.15) is 31.4 Å². The average molecular weight is 507 g/mol. The summed E-state index contributed by atoms with van der Waals surface area (Å²) in [5.41, 5.74) is 5.49. The van der Waals surface area contributed by atoms with E-state index in [1.807, 2.05) is 0 Å². The van der Waals surface area contributed by atoms with Crippen LogP contribution >= 0.6 is 11.6 Å². The lowest BCUT2D eigenvalue weighted by atomic mass is 9.73. The minimum absolute atomic E-state index is 0.210. The standard InChI is InChI=1S/C21H21ClF2N8O3/c1-11(13-4-3-7-26-16(13)22)35-19(34)29-17-15(30-31-32(17)2)14-6-5-12(8-27-14)28-18(33)20(25)9-21(23,24)10-20/h3-8,11H,9-10,25H2,1-2H3,(H,28,33)(H,29,34)/t11-/m1/s1. The van der Waals surface area contributed by atoms with E-state index in [9.17, 15) is 18.4 Å². The SMILES string of the molecule is C[C@@H](OC(=O)Nc1c(-c2ccc(NC(=O)C3(N)CC(F)(F)C3)cn2)nnn1C)c1cccnc1Cl. The second-order valence-electron chi connectivity index (χ2n) is 8.22. The second kappa shape index (κ2) is 9.15. The van der Waals surface area contributed by atoms with Crippen LogP contribution in [0.4, 0.5) is 25.1 Å². The van der Waals surface area contributed by atoms with Gasteiger partial charge in [0.05, 0.1) is 17.6 Å². The van der Waals surface area contributed by atoms with Crippen molar-refractivity contribution in [2.75, 3.05) is 10.6 Å². The molecule has 3 heterocycles. The number of hydrogen-bond donors (Lipinski definition) is 3. The van der Waals surface area contributed by atoms with Crippen LogP contribution in [-0.4, -0.2) is 48.4 Å². The van der Waals surface area contributed by atoms with Gasteiger partial charge in [0, 0.05) is 31.6 Å². The van der Waals surface area contributed by atoms with Gasteiger partial charge < -0.3 is 15.8 Å². The Morgan fingerprint density at radius 2 is 1.97 bits per heavy atom. The number of aromatic nitrogens is 5. The zero-order chi connectivity index (χ0) is 25.4. The highest BCUT2D eigenvalue weighted by Gasteiger charge is 2.58. The van der Waals surface area contributed by atoms with E-state index in [-0.39, 0.29) is 22.4 Å². The molecule has 2 amide bonds. The zero-order valence-corrected chi connectivity index (χ0v) is 19.4. The molecule has 35 heavy (non-hydrogen) atoms. The van der Waals surface area contributed by atoms with Gasteiger partial charge in [-0.1, -0.05) is 22.9 Å². The number of nitrogens with one attached hydrogen (secondary N) is 2. The quantitative estimate of drug-likeness (QED) is 0.431. The highest BCUT2D eigenvalue weighted by molar-refractivity contribution is 6.30. The Hall–Kier alpha value is -3.71. The van der Waals surface area contributed by atoms with Crippen molar-refractivity contribution in [1.82, 2.24) is 25.0 Å². The van der Waals surface area contributed by atoms with Gasteiger partial charge in [-0.15, -0.1) is 5.10 Å². The molecule has 1 fully saturated rings. The molecule has 4 rings (SSSR count). The van der Waals surface area contributed by atoms with Crippen LogP contribution in [0.2, 0.25) is 5.15 Å². The number of anilines is 2. The highest BCUT2D eigenvalue weighted by atomic mass is 35.5. The molecule has 0 aliphatic heterocycles. The second-order valence-corrected chi connectivity index (χ2v) is 8.58. The number of carbonyl (C=O) groups excluding carboxylic acids is 2. The third-order valence-electron chi connectivity index (χ3n) is 5.42. The molecule has 1 atom stereocenters.